The topological polar surface area (TPSA) is 63.1 Å². The first-order valence-electron chi connectivity index (χ1n) is 12.3. The summed E-state index contributed by atoms with van der Waals surface area (Å²) in [7, 11) is 0. The fraction of sp³-hybridized carbons (Fsp3) is 0.720. The highest BCUT2D eigenvalue weighted by Gasteiger charge is 2.16. The number of likely N-dealkylation sites (tertiary alicyclic amines) is 1. The minimum Gasteiger partial charge on any atom is -0.393 e. The van der Waals surface area contributed by atoms with Crippen molar-refractivity contribution in [3.05, 3.63) is 35.4 Å². The Morgan fingerprint density at radius 2 is 1.77 bits per heavy atom. The normalized spacial score (nSPS) is 17.2. The van der Waals surface area contributed by atoms with E-state index in [9.17, 15) is 5.11 Å². The first kappa shape index (κ1) is 25.6. The van der Waals surface area contributed by atoms with Crippen molar-refractivity contribution in [2.24, 2.45) is 4.99 Å². The molecule has 6 heteroatoms. The summed E-state index contributed by atoms with van der Waals surface area (Å²) in [5.74, 6) is 0.897. The third-order valence-electron chi connectivity index (χ3n) is 6.14. The average molecular weight is 432 g/mol. The highest BCUT2D eigenvalue weighted by Crippen LogP contribution is 2.14. The van der Waals surface area contributed by atoms with Crippen molar-refractivity contribution in [2.75, 3.05) is 39.3 Å². The lowest BCUT2D eigenvalue weighted by Crippen LogP contribution is -2.42. The van der Waals surface area contributed by atoms with Crippen molar-refractivity contribution in [3.63, 3.8) is 0 Å². The van der Waals surface area contributed by atoms with Crippen LogP contribution in [0.3, 0.4) is 0 Å². The van der Waals surface area contributed by atoms with Crippen LogP contribution in [0.2, 0.25) is 0 Å². The fourth-order valence-electron chi connectivity index (χ4n) is 4.04. The molecule has 0 radical (unpaired) electrons. The monoisotopic (exact) mass is 431 g/mol. The second-order valence-corrected chi connectivity index (χ2v) is 8.73. The van der Waals surface area contributed by atoms with E-state index in [-0.39, 0.29) is 6.10 Å². The summed E-state index contributed by atoms with van der Waals surface area (Å²) >= 11 is 0. The van der Waals surface area contributed by atoms with E-state index in [0.717, 1.165) is 71.0 Å². The molecule has 1 aliphatic rings. The highest BCUT2D eigenvalue weighted by atomic mass is 16.3. The maximum Gasteiger partial charge on any atom is 0.191 e. The summed E-state index contributed by atoms with van der Waals surface area (Å²) in [6.45, 7) is 16.7. The van der Waals surface area contributed by atoms with E-state index in [1.54, 1.807) is 0 Å². The number of aliphatic hydroxyl groups excluding tert-OH is 1. The molecule has 6 nitrogen and oxygen atoms in total. The number of nitrogens with zero attached hydrogens (tertiary/aromatic N) is 3. The van der Waals surface area contributed by atoms with Crippen LogP contribution in [0, 0.1) is 0 Å². The van der Waals surface area contributed by atoms with Gasteiger partial charge in [0.25, 0.3) is 0 Å². The van der Waals surface area contributed by atoms with Gasteiger partial charge in [0.2, 0.25) is 0 Å². The molecule has 31 heavy (non-hydrogen) atoms. The van der Waals surface area contributed by atoms with Crippen LogP contribution in [0.25, 0.3) is 0 Å². The number of aliphatic imine (C=N–C) groups is 1. The molecule has 0 aromatic heterocycles. The third-order valence-corrected chi connectivity index (χ3v) is 6.14. The summed E-state index contributed by atoms with van der Waals surface area (Å²) < 4.78 is 0. The number of aliphatic hydroxyl groups is 1. The number of hydrogen-bond acceptors (Lipinski definition) is 4. The van der Waals surface area contributed by atoms with E-state index < -0.39 is 0 Å². The van der Waals surface area contributed by atoms with Crippen LogP contribution < -0.4 is 10.6 Å². The molecule has 1 aliphatic heterocycles. The quantitative estimate of drug-likeness (QED) is 0.350. The van der Waals surface area contributed by atoms with Crippen LogP contribution in [0.4, 0.5) is 0 Å². The standard InChI is InChI=1S/C25H45N5O/c1-5-26-25(28-21(4)9-8-16-29(6-2)7-3)27-19-22-10-12-23(13-11-22)20-30-17-14-24(31)15-18-30/h10-13,21,24,31H,5-9,14-20H2,1-4H3,(H2,26,27,28). The average Bonchev–Trinajstić information content (AvgIpc) is 2.78. The van der Waals surface area contributed by atoms with E-state index in [1.165, 1.54) is 17.5 Å². The SMILES string of the molecule is CCNC(=NCc1ccc(CN2CCC(O)CC2)cc1)NC(C)CCCN(CC)CC. The van der Waals surface area contributed by atoms with Gasteiger partial charge in [0.1, 0.15) is 0 Å². The van der Waals surface area contributed by atoms with E-state index in [0.29, 0.717) is 12.6 Å². The van der Waals surface area contributed by atoms with Crippen LogP contribution >= 0.6 is 0 Å². The lowest BCUT2D eigenvalue weighted by atomic mass is 10.1. The Morgan fingerprint density at radius 3 is 2.39 bits per heavy atom. The van der Waals surface area contributed by atoms with Crippen LogP contribution in [0.1, 0.15) is 64.5 Å². The molecule has 1 aromatic carbocycles. The molecule has 1 heterocycles. The molecule has 0 saturated carbocycles. The molecule has 0 bridgehead atoms. The van der Waals surface area contributed by atoms with E-state index in [1.807, 2.05) is 0 Å². The first-order valence-corrected chi connectivity index (χ1v) is 12.3. The first-order chi connectivity index (χ1) is 15.0. The van der Waals surface area contributed by atoms with Gasteiger partial charge in [0.05, 0.1) is 12.6 Å². The van der Waals surface area contributed by atoms with Crippen molar-refractivity contribution in [1.29, 1.82) is 0 Å². The zero-order valence-electron chi connectivity index (χ0n) is 20.2. The van der Waals surface area contributed by atoms with Gasteiger partial charge < -0.3 is 20.6 Å². The smallest absolute Gasteiger partial charge is 0.191 e. The number of hydrogen-bond donors (Lipinski definition) is 3. The minimum atomic E-state index is -0.110. The number of benzene rings is 1. The van der Waals surface area contributed by atoms with Gasteiger partial charge in [-0.1, -0.05) is 38.1 Å². The Hall–Kier alpha value is -1.63. The summed E-state index contributed by atoms with van der Waals surface area (Å²) in [5.41, 5.74) is 2.56. The second kappa shape index (κ2) is 14.4. The molecule has 0 aliphatic carbocycles. The van der Waals surface area contributed by atoms with Gasteiger partial charge in [-0.15, -0.1) is 0 Å². The van der Waals surface area contributed by atoms with Gasteiger partial charge in [0, 0.05) is 32.2 Å². The molecule has 176 valence electrons. The maximum atomic E-state index is 9.66. The molecule has 1 atom stereocenters. The number of piperidine rings is 1. The van der Waals surface area contributed by atoms with Crippen LogP contribution in [-0.4, -0.2) is 72.3 Å². The molecule has 1 fully saturated rings. The van der Waals surface area contributed by atoms with Crippen LogP contribution in [0.5, 0.6) is 0 Å². The molecule has 3 N–H and O–H groups in total. The van der Waals surface area contributed by atoms with Crippen molar-refractivity contribution in [3.8, 4) is 0 Å². The van der Waals surface area contributed by atoms with E-state index in [4.69, 9.17) is 4.99 Å². The van der Waals surface area contributed by atoms with Crippen molar-refractivity contribution in [1.82, 2.24) is 20.4 Å². The van der Waals surface area contributed by atoms with Crippen molar-refractivity contribution in [2.45, 2.75) is 78.6 Å². The molecule has 1 unspecified atom stereocenters. The fourth-order valence-corrected chi connectivity index (χ4v) is 4.04. The third kappa shape index (κ3) is 10.0. The molecule has 0 spiro atoms. The Bertz CT molecular complexity index is 621. The Labute approximate surface area is 190 Å². The number of nitrogens with one attached hydrogen (secondary N) is 2. The minimum absolute atomic E-state index is 0.110. The van der Waals surface area contributed by atoms with Gasteiger partial charge in [-0.05, 0) is 70.3 Å². The zero-order valence-corrected chi connectivity index (χ0v) is 20.2. The summed E-state index contributed by atoms with van der Waals surface area (Å²) in [6, 6.07) is 9.21. The summed E-state index contributed by atoms with van der Waals surface area (Å²) in [4.78, 5) is 9.70. The van der Waals surface area contributed by atoms with Gasteiger partial charge in [0.15, 0.2) is 5.96 Å². The molecule has 1 aromatic rings. The van der Waals surface area contributed by atoms with Crippen LogP contribution in [0.15, 0.2) is 29.3 Å². The predicted molar refractivity (Wildman–Crippen MR) is 131 cm³/mol. The van der Waals surface area contributed by atoms with Gasteiger partial charge in [-0.2, -0.15) is 0 Å². The van der Waals surface area contributed by atoms with Gasteiger partial charge in [-0.25, -0.2) is 4.99 Å². The molecule has 1 saturated heterocycles. The number of guanidine groups is 1. The van der Waals surface area contributed by atoms with E-state index >= 15 is 0 Å². The predicted octanol–water partition coefficient (Wildman–Crippen LogP) is 3.21. The second-order valence-electron chi connectivity index (χ2n) is 8.73. The van der Waals surface area contributed by atoms with Crippen LogP contribution in [-0.2, 0) is 13.1 Å². The lowest BCUT2D eigenvalue weighted by Gasteiger charge is -2.29. The molecular weight excluding hydrogens is 386 g/mol. The van der Waals surface area contributed by atoms with Gasteiger partial charge in [-0.3, -0.25) is 4.90 Å². The van der Waals surface area contributed by atoms with Crippen molar-refractivity contribution < 1.29 is 5.11 Å². The molecular formula is C25H45N5O. The largest absolute Gasteiger partial charge is 0.393 e. The Kier molecular flexibility index (Phi) is 11.9. The highest BCUT2D eigenvalue weighted by molar-refractivity contribution is 5.80. The molecule has 2 rings (SSSR count). The summed E-state index contributed by atoms with van der Waals surface area (Å²) in [5, 5.41) is 16.6. The maximum absolute atomic E-state index is 9.66. The number of rotatable bonds is 12. The zero-order chi connectivity index (χ0) is 22.5. The Morgan fingerprint density at radius 1 is 1.13 bits per heavy atom. The Balaban J connectivity index is 1.79. The van der Waals surface area contributed by atoms with Crippen molar-refractivity contribution >= 4 is 5.96 Å². The van der Waals surface area contributed by atoms with Gasteiger partial charge >= 0.3 is 0 Å². The summed E-state index contributed by atoms with van der Waals surface area (Å²) in [6.07, 6.45) is 4.01. The molecule has 0 amide bonds. The lowest BCUT2D eigenvalue weighted by molar-refractivity contribution is 0.0792. The van der Waals surface area contributed by atoms with E-state index in [2.05, 4.69) is 72.4 Å².